The molecule has 190 valence electrons. The second-order valence-corrected chi connectivity index (χ2v) is 10.3. The number of aromatic nitrogens is 4. The van der Waals surface area contributed by atoms with Crippen LogP contribution in [0.15, 0.2) is 59.8 Å². The summed E-state index contributed by atoms with van der Waals surface area (Å²) in [6, 6.07) is 9.63. The van der Waals surface area contributed by atoms with Gasteiger partial charge in [-0.25, -0.2) is 19.9 Å². The number of benzene rings is 1. The van der Waals surface area contributed by atoms with Gasteiger partial charge in [0.15, 0.2) is 0 Å². The molecule has 0 bridgehead atoms. The number of thiazole rings is 1. The second-order valence-electron chi connectivity index (χ2n) is 7.68. The van der Waals surface area contributed by atoms with E-state index in [0.717, 1.165) is 5.56 Å². The number of fused-ring (bicyclic) bond motifs is 1. The van der Waals surface area contributed by atoms with Crippen molar-refractivity contribution in [3.63, 3.8) is 0 Å². The van der Waals surface area contributed by atoms with Crippen LogP contribution >= 0.6 is 11.3 Å². The van der Waals surface area contributed by atoms with Crippen LogP contribution in [0.3, 0.4) is 0 Å². The lowest BCUT2D eigenvalue weighted by molar-refractivity contribution is 0.0633. The molecule has 0 saturated carbocycles. The fraction of sp³-hybridized carbons (Fsp3) is 0.200. The van der Waals surface area contributed by atoms with E-state index in [4.69, 9.17) is 8.92 Å². The van der Waals surface area contributed by atoms with Gasteiger partial charge < -0.3 is 15.2 Å². The van der Waals surface area contributed by atoms with Crippen LogP contribution in [0.5, 0.6) is 5.88 Å². The molecule has 1 unspecified atom stereocenters. The number of allylic oxidation sites excluding steroid dienone is 1. The van der Waals surface area contributed by atoms with Gasteiger partial charge in [-0.2, -0.15) is 8.42 Å². The smallest absolute Gasteiger partial charge is 0.297 e. The van der Waals surface area contributed by atoms with E-state index >= 15 is 0 Å². The summed E-state index contributed by atoms with van der Waals surface area (Å²) in [4.78, 5) is 17.9. The molecule has 1 aromatic carbocycles. The zero-order valence-corrected chi connectivity index (χ0v) is 21.6. The summed E-state index contributed by atoms with van der Waals surface area (Å²) >= 11 is 1.35. The molecule has 12 heteroatoms. The summed E-state index contributed by atoms with van der Waals surface area (Å²) in [5.41, 5.74) is 2.17. The highest BCUT2D eigenvalue weighted by Crippen LogP contribution is 2.24. The first kappa shape index (κ1) is 26.2. The zero-order valence-electron chi connectivity index (χ0n) is 20.0. The Hall–Kier alpha value is -3.89. The minimum absolute atomic E-state index is 0.0243. The van der Waals surface area contributed by atoms with Crippen LogP contribution in [0.1, 0.15) is 16.3 Å². The van der Waals surface area contributed by atoms with Gasteiger partial charge in [-0.1, -0.05) is 35.0 Å². The lowest BCUT2D eigenvalue weighted by Gasteiger charge is -2.12. The molecule has 4 rings (SSSR count). The van der Waals surface area contributed by atoms with Gasteiger partial charge in [0.1, 0.15) is 39.6 Å². The van der Waals surface area contributed by atoms with E-state index in [1.807, 2.05) is 6.92 Å². The topological polar surface area (TPSA) is 136 Å². The molecule has 37 heavy (non-hydrogen) atoms. The Labute approximate surface area is 218 Å². The van der Waals surface area contributed by atoms with Crippen LogP contribution < -0.4 is 10.1 Å². The van der Waals surface area contributed by atoms with Gasteiger partial charge in [-0.3, -0.25) is 4.18 Å². The number of anilines is 1. The van der Waals surface area contributed by atoms with Gasteiger partial charge >= 0.3 is 0 Å². The van der Waals surface area contributed by atoms with E-state index in [1.165, 1.54) is 23.5 Å². The van der Waals surface area contributed by atoms with Crippen LogP contribution in [0.4, 0.5) is 5.82 Å². The standard InChI is InChI=1S/C25H23N5O5S2/c1-17-7-9-20(10-8-17)37(32,33)35-16-19(31)15-34-23-12-11-21-25(30-23)36-24(29-21)6-4-3-5-18-13-28-22(26-2)14-27-18/h4,6-14,19,31H,15-16H2,1-2H3,(H,26,28)/b6-4+. The minimum Gasteiger partial charge on any atom is -0.475 e. The zero-order chi connectivity index (χ0) is 26.3. The SMILES string of the molecule is CNc1cnc(C#C/C=C/c2nc3ccc(OCC(O)COS(=O)(=O)c4ccc(C)cc4)nc3s2)cn1. The summed E-state index contributed by atoms with van der Waals surface area (Å²) in [5, 5.41) is 13.7. The average molecular weight is 538 g/mol. The van der Waals surface area contributed by atoms with E-state index < -0.39 is 22.8 Å². The molecule has 3 heterocycles. The van der Waals surface area contributed by atoms with E-state index in [9.17, 15) is 13.5 Å². The van der Waals surface area contributed by atoms with E-state index in [1.54, 1.807) is 55.9 Å². The molecule has 1 atom stereocenters. The lowest BCUT2D eigenvalue weighted by Crippen LogP contribution is -2.25. The minimum atomic E-state index is -3.97. The molecule has 0 saturated heterocycles. The highest BCUT2D eigenvalue weighted by Gasteiger charge is 2.18. The monoisotopic (exact) mass is 537 g/mol. The molecule has 0 fully saturated rings. The Morgan fingerprint density at radius 2 is 1.92 bits per heavy atom. The summed E-state index contributed by atoms with van der Waals surface area (Å²) in [7, 11) is -2.21. The number of ether oxygens (including phenoxy) is 1. The first-order valence-corrected chi connectivity index (χ1v) is 13.3. The number of nitrogens with one attached hydrogen (secondary N) is 1. The molecule has 0 amide bonds. The lowest BCUT2D eigenvalue weighted by atomic mass is 10.2. The Balaban J connectivity index is 1.30. The van der Waals surface area contributed by atoms with Crippen molar-refractivity contribution in [2.45, 2.75) is 17.9 Å². The molecule has 0 spiro atoms. The molecular weight excluding hydrogens is 514 g/mol. The Morgan fingerprint density at radius 1 is 1.11 bits per heavy atom. The van der Waals surface area contributed by atoms with Gasteiger partial charge in [0.05, 0.1) is 23.9 Å². The number of rotatable bonds is 9. The predicted molar refractivity (Wildman–Crippen MR) is 141 cm³/mol. The van der Waals surface area contributed by atoms with E-state index in [0.29, 0.717) is 26.9 Å². The van der Waals surface area contributed by atoms with Crippen LogP contribution in [0, 0.1) is 18.8 Å². The van der Waals surface area contributed by atoms with Crippen LogP contribution in [0.25, 0.3) is 16.4 Å². The predicted octanol–water partition coefficient (Wildman–Crippen LogP) is 3.04. The second kappa shape index (κ2) is 11.9. The number of aryl methyl sites for hydroxylation is 1. The quantitative estimate of drug-likeness (QED) is 0.242. The van der Waals surface area contributed by atoms with E-state index in [2.05, 4.69) is 37.1 Å². The first-order valence-electron chi connectivity index (χ1n) is 11.0. The van der Waals surface area contributed by atoms with Gasteiger partial charge in [0.25, 0.3) is 10.1 Å². The molecule has 0 aliphatic heterocycles. The summed E-state index contributed by atoms with van der Waals surface area (Å²) < 4.78 is 35.0. The van der Waals surface area contributed by atoms with Crippen LogP contribution in [-0.4, -0.2) is 59.8 Å². The molecule has 2 N–H and O–H groups in total. The highest BCUT2D eigenvalue weighted by molar-refractivity contribution is 7.86. The maximum atomic E-state index is 12.2. The molecule has 0 radical (unpaired) electrons. The number of aliphatic hydroxyl groups excluding tert-OH is 1. The third kappa shape index (κ3) is 7.31. The highest BCUT2D eigenvalue weighted by atomic mass is 32.2. The van der Waals surface area contributed by atoms with E-state index in [-0.39, 0.29) is 17.4 Å². The molecule has 0 aliphatic carbocycles. The summed E-state index contributed by atoms with van der Waals surface area (Å²) in [6.45, 7) is 1.21. The fourth-order valence-electron chi connectivity index (χ4n) is 2.89. The fourth-order valence-corrected chi connectivity index (χ4v) is 4.66. The number of pyridine rings is 1. The van der Waals surface area contributed by atoms with Crippen molar-refractivity contribution in [1.29, 1.82) is 0 Å². The van der Waals surface area contributed by atoms with Crippen molar-refractivity contribution in [2.24, 2.45) is 0 Å². The number of nitrogens with zero attached hydrogens (tertiary/aromatic N) is 4. The van der Waals surface area contributed by atoms with Crippen molar-refractivity contribution in [3.05, 3.63) is 71.1 Å². The number of hydrogen-bond acceptors (Lipinski definition) is 11. The maximum absolute atomic E-state index is 12.2. The molecular formula is C25H23N5O5S2. The third-order valence-corrected chi connectivity index (χ3v) is 7.04. The van der Waals surface area contributed by atoms with Crippen molar-refractivity contribution >= 4 is 43.7 Å². The average Bonchev–Trinajstić information content (AvgIpc) is 3.31. The van der Waals surface area contributed by atoms with Gasteiger partial charge in [0, 0.05) is 13.1 Å². The molecule has 10 nitrogen and oxygen atoms in total. The Morgan fingerprint density at radius 3 is 2.65 bits per heavy atom. The summed E-state index contributed by atoms with van der Waals surface area (Å²) in [6.07, 6.45) is 5.46. The number of hydrogen-bond donors (Lipinski definition) is 2. The summed E-state index contributed by atoms with van der Waals surface area (Å²) in [5.74, 6) is 6.74. The first-order chi connectivity index (χ1) is 17.8. The van der Waals surface area contributed by atoms with Gasteiger partial charge in [0.2, 0.25) is 5.88 Å². The molecule has 3 aromatic heterocycles. The van der Waals surface area contributed by atoms with Crippen molar-refractivity contribution in [2.75, 3.05) is 25.6 Å². The van der Waals surface area contributed by atoms with Gasteiger partial charge in [-0.15, -0.1) is 0 Å². The Bertz CT molecular complexity index is 1560. The maximum Gasteiger partial charge on any atom is 0.297 e. The third-order valence-electron chi connectivity index (χ3n) is 4.81. The van der Waals surface area contributed by atoms with Crippen molar-refractivity contribution < 1.29 is 22.4 Å². The van der Waals surface area contributed by atoms with Crippen LogP contribution in [0.2, 0.25) is 0 Å². The molecule has 4 aromatic rings. The van der Waals surface area contributed by atoms with Gasteiger partial charge in [-0.05, 0) is 43.2 Å². The number of aliphatic hydroxyl groups is 1. The Kier molecular flexibility index (Phi) is 8.42. The van der Waals surface area contributed by atoms with Crippen molar-refractivity contribution in [3.8, 4) is 17.7 Å². The largest absolute Gasteiger partial charge is 0.475 e. The van der Waals surface area contributed by atoms with Crippen molar-refractivity contribution in [1.82, 2.24) is 19.9 Å². The van der Waals surface area contributed by atoms with Crippen LogP contribution in [-0.2, 0) is 14.3 Å². The normalized spacial score (nSPS) is 12.3. The molecule has 0 aliphatic rings.